The molecule has 12 rings (SSSR count). The van der Waals surface area contributed by atoms with Gasteiger partial charge in [0.05, 0.1) is 27.6 Å². The lowest BCUT2D eigenvalue weighted by molar-refractivity contribution is 1.07. The van der Waals surface area contributed by atoms with Crippen LogP contribution in [-0.4, -0.2) is 23.9 Å². The number of rotatable bonds is 5. The molecule has 270 valence electrons. The van der Waals surface area contributed by atoms with Crippen LogP contribution in [0.5, 0.6) is 0 Å². The number of hydrogen-bond acceptors (Lipinski definition) is 3. The number of hydrogen-bond donors (Lipinski definition) is 0. The van der Waals surface area contributed by atoms with Crippen LogP contribution in [0.25, 0.3) is 111 Å². The number of para-hydroxylation sites is 2. The van der Waals surface area contributed by atoms with Gasteiger partial charge >= 0.3 is 0 Å². The maximum atomic E-state index is 5.18. The first-order valence-electron chi connectivity index (χ1n) is 19.6. The Labute approximate surface area is 333 Å². The first-order chi connectivity index (χ1) is 28.8. The second-order valence-electron chi connectivity index (χ2n) is 14.8. The molecule has 0 unspecified atom stereocenters. The molecule has 0 aliphatic heterocycles. The Bertz CT molecular complexity index is 3490. The molecule has 0 atom stereocenters. The smallest absolute Gasteiger partial charge is 0.164 e. The summed E-state index contributed by atoms with van der Waals surface area (Å²) in [5.74, 6) is 1.88. The molecule has 4 heterocycles. The zero-order valence-corrected chi connectivity index (χ0v) is 31.3. The van der Waals surface area contributed by atoms with Gasteiger partial charge in [0.25, 0.3) is 0 Å². The highest BCUT2D eigenvalue weighted by molar-refractivity contribution is 6.22. The SMILES string of the molecule is c1ccc(-c2cc(-c3nc(-c4ccccc4)nc(-c4ccccc4)n3)cc(-n3c4ccccc4c4ccc5c(cc6c7ccccc7c7ccccc7n65)c43)c2)cc1. The minimum absolute atomic E-state index is 0.616. The van der Waals surface area contributed by atoms with Gasteiger partial charge in [-0.1, -0.05) is 158 Å². The zero-order valence-electron chi connectivity index (χ0n) is 31.3. The van der Waals surface area contributed by atoms with Gasteiger partial charge in [-0.2, -0.15) is 0 Å². The number of fused-ring (bicyclic) bond motifs is 12. The normalized spacial score (nSPS) is 11.8. The molecule has 0 fully saturated rings. The third-order valence-electron chi connectivity index (χ3n) is 11.5. The summed E-state index contributed by atoms with van der Waals surface area (Å²) in [6.07, 6.45) is 0. The lowest BCUT2D eigenvalue weighted by Crippen LogP contribution is -2.02. The molecule has 4 aromatic heterocycles. The van der Waals surface area contributed by atoms with Crippen LogP contribution in [-0.2, 0) is 0 Å². The molecule has 0 amide bonds. The second-order valence-corrected chi connectivity index (χ2v) is 14.8. The van der Waals surface area contributed by atoms with Gasteiger partial charge in [-0.3, -0.25) is 0 Å². The first kappa shape index (κ1) is 32.4. The number of pyridine rings is 1. The van der Waals surface area contributed by atoms with E-state index in [1.807, 2.05) is 36.4 Å². The van der Waals surface area contributed by atoms with Crippen LogP contribution in [0.1, 0.15) is 0 Å². The van der Waals surface area contributed by atoms with Gasteiger partial charge in [0.2, 0.25) is 0 Å². The van der Waals surface area contributed by atoms with Crippen LogP contribution in [0, 0.1) is 0 Å². The van der Waals surface area contributed by atoms with Crippen molar-refractivity contribution in [2.75, 3.05) is 0 Å². The van der Waals surface area contributed by atoms with Gasteiger partial charge in [-0.25, -0.2) is 15.0 Å². The fourth-order valence-electron chi connectivity index (χ4n) is 8.91. The monoisotopic (exact) mass is 739 g/mol. The lowest BCUT2D eigenvalue weighted by atomic mass is 10.0. The van der Waals surface area contributed by atoms with Crippen molar-refractivity contribution in [3.8, 4) is 51.0 Å². The Kier molecular flexibility index (Phi) is 7.16. The molecule has 0 aliphatic rings. The van der Waals surface area contributed by atoms with Gasteiger partial charge < -0.3 is 8.97 Å². The van der Waals surface area contributed by atoms with Crippen molar-refractivity contribution in [2.45, 2.75) is 0 Å². The summed E-state index contributed by atoms with van der Waals surface area (Å²) in [6, 6.07) is 71.0. The lowest BCUT2D eigenvalue weighted by Gasteiger charge is -2.15. The maximum Gasteiger partial charge on any atom is 0.164 e. The van der Waals surface area contributed by atoms with Gasteiger partial charge in [0.1, 0.15) is 0 Å². The molecular formula is C53H33N5. The Morgan fingerprint density at radius 3 is 1.38 bits per heavy atom. The van der Waals surface area contributed by atoms with E-state index in [-0.39, 0.29) is 0 Å². The largest absolute Gasteiger partial charge is 0.309 e. The van der Waals surface area contributed by atoms with E-state index in [1.54, 1.807) is 0 Å². The summed E-state index contributed by atoms with van der Waals surface area (Å²) in [4.78, 5) is 15.4. The molecule has 5 heteroatoms. The molecule has 0 N–H and O–H groups in total. The Morgan fingerprint density at radius 2 is 0.741 bits per heavy atom. The van der Waals surface area contributed by atoms with Crippen molar-refractivity contribution in [2.24, 2.45) is 0 Å². The summed E-state index contributed by atoms with van der Waals surface area (Å²) >= 11 is 0. The molecule has 58 heavy (non-hydrogen) atoms. The van der Waals surface area contributed by atoms with E-state index >= 15 is 0 Å². The van der Waals surface area contributed by atoms with Crippen LogP contribution in [0.15, 0.2) is 200 Å². The van der Waals surface area contributed by atoms with Crippen molar-refractivity contribution in [3.05, 3.63) is 200 Å². The first-order valence-corrected chi connectivity index (χ1v) is 19.6. The third kappa shape index (κ3) is 5.00. The quantitative estimate of drug-likeness (QED) is 0.165. The molecule has 0 spiro atoms. The average molecular weight is 740 g/mol. The maximum absolute atomic E-state index is 5.18. The average Bonchev–Trinajstić information content (AvgIpc) is 3.87. The molecule has 8 aromatic carbocycles. The van der Waals surface area contributed by atoms with Crippen LogP contribution in [0.4, 0.5) is 0 Å². The van der Waals surface area contributed by atoms with E-state index in [9.17, 15) is 0 Å². The van der Waals surface area contributed by atoms with Crippen LogP contribution >= 0.6 is 0 Å². The molecule has 12 aromatic rings. The van der Waals surface area contributed by atoms with Crippen molar-refractivity contribution < 1.29 is 0 Å². The van der Waals surface area contributed by atoms with Crippen molar-refractivity contribution in [3.63, 3.8) is 0 Å². The van der Waals surface area contributed by atoms with E-state index in [0.29, 0.717) is 17.5 Å². The predicted octanol–water partition coefficient (Wildman–Crippen LogP) is 13.3. The zero-order chi connectivity index (χ0) is 38.2. The molecule has 0 saturated heterocycles. The molecule has 0 aliphatic carbocycles. The van der Waals surface area contributed by atoms with Crippen molar-refractivity contribution in [1.82, 2.24) is 23.9 Å². The molecule has 0 radical (unpaired) electrons. The van der Waals surface area contributed by atoms with E-state index < -0.39 is 0 Å². The minimum Gasteiger partial charge on any atom is -0.309 e. The standard InChI is InChI=1S/C53H33N5/c1-4-16-34(17-5-1)37-30-38(53-55-51(35-18-6-2-7-19-35)54-52(56-53)36-20-8-3-9-21-36)32-39(31-37)57-46-26-14-13-25-43(46)44-28-29-48-45(50(44)57)33-49-42-24-11-10-22-40(42)41-23-12-15-27-47(41)58(48)49/h1-33H. The van der Waals surface area contributed by atoms with Gasteiger partial charge in [0.15, 0.2) is 17.5 Å². The number of benzene rings is 8. The molecule has 0 bridgehead atoms. The van der Waals surface area contributed by atoms with E-state index in [4.69, 9.17) is 15.0 Å². The van der Waals surface area contributed by atoms with Crippen molar-refractivity contribution in [1.29, 1.82) is 0 Å². The number of aromatic nitrogens is 5. The Balaban J connectivity index is 1.19. The summed E-state index contributed by atoms with van der Waals surface area (Å²) in [5.41, 5.74) is 11.9. The predicted molar refractivity (Wildman–Crippen MR) is 239 cm³/mol. The van der Waals surface area contributed by atoms with Crippen molar-refractivity contribution >= 4 is 59.9 Å². The van der Waals surface area contributed by atoms with E-state index in [2.05, 4.69) is 173 Å². The fourth-order valence-corrected chi connectivity index (χ4v) is 8.91. The Morgan fingerprint density at radius 1 is 0.276 bits per heavy atom. The summed E-state index contributed by atoms with van der Waals surface area (Å²) < 4.78 is 4.89. The molecule has 0 saturated carbocycles. The summed E-state index contributed by atoms with van der Waals surface area (Å²) in [7, 11) is 0. The van der Waals surface area contributed by atoms with Gasteiger partial charge in [0, 0.05) is 49.3 Å². The highest BCUT2D eigenvalue weighted by Gasteiger charge is 2.21. The number of nitrogens with zero attached hydrogens (tertiary/aromatic N) is 5. The second kappa shape index (κ2) is 12.8. The Hall–Kier alpha value is -7.89. The van der Waals surface area contributed by atoms with E-state index in [0.717, 1.165) is 44.5 Å². The van der Waals surface area contributed by atoms with Gasteiger partial charge in [-0.05, 0) is 59.0 Å². The molecular weight excluding hydrogens is 707 g/mol. The van der Waals surface area contributed by atoms with Crippen LogP contribution in [0.3, 0.4) is 0 Å². The topological polar surface area (TPSA) is 48.0 Å². The van der Waals surface area contributed by atoms with Crippen LogP contribution in [0.2, 0.25) is 0 Å². The summed E-state index contributed by atoms with van der Waals surface area (Å²) in [5, 5.41) is 7.34. The summed E-state index contributed by atoms with van der Waals surface area (Å²) in [6.45, 7) is 0. The van der Waals surface area contributed by atoms with E-state index in [1.165, 1.54) is 48.9 Å². The minimum atomic E-state index is 0.616. The van der Waals surface area contributed by atoms with Gasteiger partial charge in [-0.15, -0.1) is 0 Å². The molecule has 5 nitrogen and oxygen atoms in total. The van der Waals surface area contributed by atoms with Crippen LogP contribution < -0.4 is 0 Å². The third-order valence-corrected chi connectivity index (χ3v) is 11.5. The highest BCUT2D eigenvalue weighted by atomic mass is 15.0. The fraction of sp³-hybridized carbons (Fsp3) is 0. The highest BCUT2D eigenvalue weighted by Crippen LogP contribution is 2.42.